The van der Waals surface area contributed by atoms with Gasteiger partial charge in [-0.2, -0.15) is 0 Å². The van der Waals surface area contributed by atoms with Crippen LogP contribution < -0.4 is 5.32 Å². The van der Waals surface area contributed by atoms with Crippen molar-refractivity contribution < 1.29 is 4.79 Å². The number of nitrogens with one attached hydrogen (secondary N) is 1. The van der Waals surface area contributed by atoms with E-state index in [9.17, 15) is 4.79 Å². The Hall–Kier alpha value is -0.790. The molecule has 0 saturated heterocycles. The number of ketones is 1. The molecule has 12 heavy (non-hydrogen) atoms. The molecule has 2 aliphatic carbocycles. The molecule has 1 fully saturated rings. The first kappa shape index (κ1) is 7.84. The molecule has 2 heteroatoms. The Balaban J connectivity index is 1.65. The first-order chi connectivity index (χ1) is 5.84. The fourth-order valence-electron chi connectivity index (χ4n) is 1.58. The Labute approximate surface area is 73.0 Å². The predicted octanol–water partition coefficient (Wildman–Crippen LogP) is 1.62. The topological polar surface area (TPSA) is 29.1 Å². The molecule has 0 amide bonds. The van der Waals surface area contributed by atoms with Gasteiger partial charge in [-0.05, 0) is 18.8 Å². The van der Waals surface area contributed by atoms with E-state index in [0.29, 0.717) is 6.42 Å². The number of allylic oxidation sites excluding steroid dienone is 2. The molecule has 66 valence electrons. The van der Waals surface area contributed by atoms with Crippen molar-refractivity contribution >= 4 is 5.78 Å². The predicted molar refractivity (Wildman–Crippen MR) is 47.7 cm³/mol. The molecule has 2 aliphatic rings. The van der Waals surface area contributed by atoms with Crippen LogP contribution in [0.1, 0.15) is 32.1 Å². The summed E-state index contributed by atoms with van der Waals surface area (Å²) in [5, 5.41) is 3.32. The summed E-state index contributed by atoms with van der Waals surface area (Å²) in [4.78, 5) is 10.8. The third kappa shape index (κ3) is 2.10. The number of hydrogen-bond acceptors (Lipinski definition) is 2. The molecule has 0 atom stereocenters. The second kappa shape index (κ2) is 3.30. The van der Waals surface area contributed by atoms with Gasteiger partial charge in [0.25, 0.3) is 0 Å². The average molecular weight is 165 g/mol. The summed E-state index contributed by atoms with van der Waals surface area (Å²) in [6, 6.07) is 0. The van der Waals surface area contributed by atoms with Gasteiger partial charge in [0.1, 0.15) is 0 Å². The van der Waals surface area contributed by atoms with Crippen LogP contribution in [-0.2, 0) is 4.79 Å². The highest BCUT2D eigenvalue weighted by atomic mass is 16.1. The van der Waals surface area contributed by atoms with Gasteiger partial charge < -0.3 is 5.32 Å². The summed E-state index contributed by atoms with van der Waals surface area (Å²) in [6.45, 7) is 1.06. The van der Waals surface area contributed by atoms with Crippen LogP contribution in [0.25, 0.3) is 0 Å². The van der Waals surface area contributed by atoms with Gasteiger partial charge in [0.2, 0.25) is 0 Å². The Morgan fingerprint density at radius 2 is 2.25 bits per heavy atom. The minimum Gasteiger partial charge on any atom is -0.388 e. The largest absolute Gasteiger partial charge is 0.388 e. The first-order valence-electron chi connectivity index (χ1n) is 4.82. The van der Waals surface area contributed by atoms with Crippen LogP contribution >= 0.6 is 0 Å². The summed E-state index contributed by atoms with van der Waals surface area (Å²) < 4.78 is 0. The van der Waals surface area contributed by atoms with Crippen molar-refractivity contribution in [1.82, 2.24) is 5.32 Å². The molecule has 1 saturated carbocycles. The van der Waals surface area contributed by atoms with E-state index in [4.69, 9.17) is 0 Å². The quantitative estimate of drug-likeness (QED) is 0.686. The lowest BCUT2D eigenvalue weighted by molar-refractivity contribution is -0.114. The van der Waals surface area contributed by atoms with E-state index in [1.807, 2.05) is 0 Å². The normalized spacial score (nSPS) is 22.7. The molecule has 0 aromatic carbocycles. The molecule has 0 radical (unpaired) electrons. The Bertz CT molecular complexity index is 216. The molecule has 1 N–H and O–H groups in total. The summed E-state index contributed by atoms with van der Waals surface area (Å²) >= 11 is 0. The van der Waals surface area contributed by atoms with E-state index in [2.05, 4.69) is 5.32 Å². The zero-order valence-corrected chi connectivity index (χ0v) is 7.31. The smallest absolute Gasteiger partial charge is 0.157 e. The number of carbonyl (C=O) groups excluding carboxylic acids is 1. The van der Waals surface area contributed by atoms with Crippen molar-refractivity contribution in [2.24, 2.45) is 5.92 Å². The molecule has 0 aliphatic heterocycles. The number of rotatable bonds is 4. The van der Waals surface area contributed by atoms with E-state index in [1.54, 1.807) is 6.08 Å². The molecule has 2 nitrogen and oxygen atoms in total. The van der Waals surface area contributed by atoms with Crippen molar-refractivity contribution in [3.05, 3.63) is 11.8 Å². The maximum absolute atomic E-state index is 10.8. The van der Waals surface area contributed by atoms with Crippen molar-refractivity contribution in [1.29, 1.82) is 0 Å². The van der Waals surface area contributed by atoms with Crippen LogP contribution in [0, 0.1) is 5.92 Å². The van der Waals surface area contributed by atoms with Crippen LogP contribution in [0.3, 0.4) is 0 Å². The minimum absolute atomic E-state index is 0.281. The summed E-state index contributed by atoms with van der Waals surface area (Å²) in [7, 11) is 0. The molecule has 0 aromatic heterocycles. The van der Waals surface area contributed by atoms with Crippen molar-refractivity contribution in [2.75, 3.05) is 6.54 Å². The lowest BCUT2D eigenvalue weighted by atomic mass is 10.3. The van der Waals surface area contributed by atoms with Crippen LogP contribution in [0.4, 0.5) is 0 Å². The molecule has 0 bridgehead atoms. The van der Waals surface area contributed by atoms with Gasteiger partial charge in [0.15, 0.2) is 5.78 Å². The third-order valence-electron chi connectivity index (χ3n) is 2.58. The van der Waals surface area contributed by atoms with Crippen LogP contribution in [0.5, 0.6) is 0 Å². The van der Waals surface area contributed by atoms with E-state index >= 15 is 0 Å². The van der Waals surface area contributed by atoms with Crippen LogP contribution in [-0.4, -0.2) is 12.3 Å². The third-order valence-corrected chi connectivity index (χ3v) is 2.58. The summed E-state index contributed by atoms with van der Waals surface area (Å²) in [6.07, 6.45) is 7.52. The zero-order chi connectivity index (χ0) is 8.39. The van der Waals surface area contributed by atoms with Gasteiger partial charge in [0.05, 0.1) is 0 Å². The minimum atomic E-state index is 0.281. The van der Waals surface area contributed by atoms with Crippen molar-refractivity contribution in [3.8, 4) is 0 Å². The van der Waals surface area contributed by atoms with Gasteiger partial charge in [-0.1, -0.05) is 12.8 Å². The average Bonchev–Trinajstić information content (AvgIpc) is 2.76. The van der Waals surface area contributed by atoms with E-state index in [1.165, 1.54) is 19.3 Å². The highest BCUT2D eigenvalue weighted by Crippen LogP contribution is 2.31. The van der Waals surface area contributed by atoms with Crippen molar-refractivity contribution in [2.45, 2.75) is 32.1 Å². The van der Waals surface area contributed by atoms with Gasteiger partial charge in [0, 0.05) is 24.7 Å². The second-order valence-corrected chi connectivity index (χ2v) is 3.79. The maximum atomic E-state index is 10.8. The van der Waals surface area contributed by atoms with Crippen LogP contribution in [0.2, 0.25) is 0 Å². The van der Waals surface area contributed by atoms with E-state index in [-0.39, 0.29) is 5.78 Å². The van der Waals surface area contributed by atoms with Gasteiger partial charge >= 0.3 is 0 Å². The van der Waals surface area contributed by atoms with Gasteiger partial charge in [-0.25, -0.2) is 0 Å². The summed E-state index contributed by atoms with van der Waals surface area (Å²) in [5.41, 5.74) is 1.15. The molecule has 0 heterocycles. The molecule has 0 unspecified atom stereocenters. The summed E-state index contributed by atoms with van der Waals surface area (Å²) in [5.74, 6) is 1.26. The van der Waals surface area contributed by atoms with Crippen molar-refractivity contribution in [3.63, 3.8) is 0 Å². The monoisotopic (exact) mass is 165 g/mol. The fraction of sp³-hybridized carbons (Fsp3) is 0.700. The Morgan fingerprint density at radius 3 is 2.83 bits per heavy atom. The molecular weight excluding hydrogens is 150 g/mol. The second-order valence-electron chi connectivity index (χ2n) is 3.79. The van der Waals surface area contributed by atoms with Gasteiger partial charge in [-0.15, -0.1) is 0 Å². The SMILES string of the molecule is O=C1C=C(NCCC2CC2)CC1. The van der Waals surface area contributed by atoms with E-state index < -0.39 is 0 Å². The maximum Gasteiger partial charge on any atom is 0.157 e. The Kier molecular flexibility index (Phi) is 2.15. The number of carbonyl (C=O) groups is 1. The molecule has 2 rings (SSSR count). The zero-order valence-electron chi connectivity index (χ0n) is 7.31. The highest BCUT2D eigenvalue weighted by molar-refractivity contribution is 5.92. The highest BCUT2D eigenvalue weighted by Gasteiger charge is 2.20. The number of hydrogen-bond donors (Lipinski definition) is 1. The Morgan fingerprint density at radius 1 is 1.42 bits per heavy atom. The molecule has 0 spiro atoms. The molecular formula is C10H15NO. The molecule has 0 aromatic rings. The van der Waals surface area contributed by atoms with Crippen LogP contribution in [0.15, 0.2) is 11.8 Å². The lowest BCUT2D eigenvalue weighted by Gasteiger charge is -2.04. The van der Waals surface area contributed by atoms with Gasteiger partial charge in [-0.3, -0.25) is 4.79 Å². The lowest BCUT2D eigenvalue weighted by Crippen LogP contribution is -2.13. The van der Waals surface area contributed by atoms with E-state index in [0.717, 1.165) is 24.6 Å². The standard InChI is InChI=1S/C10H15NO/c12-10-4-3-9(7-10)11-6-5-8-1-2-8/h7-8,11H,1-6H2. The first-order valence-corrected chi connectivity index (χ1v) is 4.82. The fourth-order valence-corrected chi connectivity index (χ4v) is 1.58.